The Hall–Kier alpha value is -0.790. The summed E-state index contributed by atoms with van der Waals surface area (Å²) in [6.07, 6.45) is 2.80. The molecule has 1 aromatic rings. The molecule has 0 N–H and O–H groups in total. The summed E-state index contributed by atoms with van der Waals surface area (Å²) in [6, 6.07) is 0. The van der Waals surface area contributed by atoms with Crippen molar-refractivity contribution in [2.45, 2.75) is 6.92 Å². The third kappa shape index (κ3) is 0.796. The minimum atomic E-state index is -2.08. The fraction of sp³-hybridized carbons (Fsp3) is 0.400. The second-order valence-corrected chi connectivity index (χ2v) is 1.42. The zero-order chi connectivity index (χ0) is 7.78. The molecule has 0 bridgehead atoms. The van der Waals surface area contributed by atoms with Gasteiger partial charge in [0.05, 0.1) is 12.0 Å². The lowest BCUT2D eigenvalue weighted by molar-refractivity contribution is 0.913. The molecular weight excluding hydrogens is 88.1 g/mol. The number of hydrogen-bond donors (Lipinski definition) is 0. The number of aryl methyl sites for hydroxylation is 2. The van der Waals surface area contributed by atoms with Crippen LogP contribution < -0.4 is 0 Å². The second-order valence-electron chi connectivity index (χ2n) is 1.42. The molecule has 1 heterocycles. The maximum atomic E-state index is 6.94. The first-order valence-electron chi connectivity index (χ1n) is 3.51. The summed E-state index contributed by atoms with van der Waals surface area (Å²) in [5, 5.41) is 0. The molecule has 0 amide bonds. The molecule has 0 radical (unpaired) electrons. The SMILES string of the molecule is [2H]C([2H])([2H])n1cnc(C)c1. The molecule has 2 heteroatoms. The van der Waals surface area contributed by atoms with Crippen molar-refractivity contribution in [1.82, 2.24) is 9.55 Å². The Labute approximate surface area is 47.0 Å². The van der Waals surface area contributed by atoms with E-state index in [0.717, 1.165) is 10.3 Å². The van der Waals surface area contributed by atoms with Gasteiger partial charge in [-0.3, -0.25) is 0 Å². The van der Waals surface area contributed by atoms with Crippen molar-refractivity contribution < 1.29 is 4.11 Å². The van der Waals surface area contributed by atoms with Gasteiger partial charge < -0.3 is 4.57 Å². The van der Waals surface area contributed by atoms with Crippen LogP contribution in [0.2, 0.25) is 0 Å². The molecule has 0 fully saturated rings. The van der Waals surface area contributed by atoms with E-state index in [1.807, 2.05) is 0 Å². The van der Waals surface area contributed by atoms with Gasteiger partial charge in [-0.1, -0.05) is 0 Å². The second kappa shape index (κ2) is 1.37. The standard InChI is InChI=1S/C5H8N2/c1-5-3-7(2)4-6-5/h3-4H,1-2H3/i2D3. The van der Waals surface area contributed by atoms with E-state index in [1.54, 1.807) is 6.92 Å². The van der Waals surface area contributed by atoms with Gasteiger partial charge in [0.15, 0.2) is 0 Å². The van der Waals surface area contributed by atoms with Crippen LogP contribution in [0.5, 0.6) is 0 Å². The van der Waals surface area contributed by atoms with Crippen LogP contribution in [-0.4, -0.2) is 9.55 Å². The molecule has 0 aromatic carbocycles. The van der Waals surface area contributed by atoms with Crippen LogP contribution in [0.25, 0.3) is 0 Å². The van der Waals surface area contributed by atoms with E-state index in [4.69, 9.17) is 4.11 Å². The molecule has 2 nitrogen and oxygen atoms in total. The topological polar surface area (TPSA) is 17.8 Å². The lowest BCUT2D eigenvalue weighted by Crippen LogP contribution is -1.76. The summed E-state index contributed by atoms with van der Waals surface area (Å²) in [5.74, 6) is 0. The monoisotopic (exact) mass is 99.1 g/mol. The summed E-state index contributed by atoms with van der Waals surface area (Å²) in [5.41, 5.74) is 0.719. The third-order valence-corrected chi connectivity index (χ3v) is 0.712. The Bertz CT molecular complexity index is 225. The van der Waals surface area contributed by atoms with Crippen LogP contribution >= 0.6 is 0 Å². The molecular formula is C5H8N2. The molecule has 0 atom stereocenters. The van der Waals surface area contributed by atoms with Crippen molar-refractivity contribution >= 4 is 0 Å². The number of rotatable bonds is 0. The number of aromatic nitrogens is 2. The van der Waals surface area contributed by atoms with Gasteiger partial charge in [-0.05, 0) is 6.92 Å². The molecule has 0 unspecified atom stereocenters. The minimum absolute atomic E-state index is 0.719. The Kier molecular flexibility index (Phi) is 0.389. The minimum Gasteiger partial charge on any atom is -0.340 e. The van der Waals surface area contributed by atoms with Gasteiger partial charge in [0.25, 0.3) is 0 Å². The molecule has 0 saturated heterocycles. The summed E-state index contributed by atoms with van der Waals surface area (Å²) in [4.78, 5) is 3.79. The largest absolute Gasteiger partial charge is 0.340 e. The van der Waals surface area contributed by atoms with Crippen LogP contribution in [0.3, 0.4) is 0 Å². The Morgan fingerprint density at radius 2 is 2.86 bits per heavy atom. The van der Waals surface area contributed by atoms with E-state index in [0.29, 0.717) is 0 Å². The van der Waals surface area contributed by atoms with Crippen molar-refractivity contribution in [3.63, 3.8) is 0 Å². The van der Waals surface area contributed by atoms with E-state index in [-0.39, 0.29) is 0 Å². The summed E-state index contributed by atoms with van der Waals surface area (Å²) in [7, 11) is 0. The predicted molar refractivity (Wildman–Crippen MR) is 27.9 cm³/mol. The lowest BCUT2D eigenvalue weighted by atomic mass is 10.6. The summed E-state index contributed by atoms with van der Waals surface area (Å²) >= 11 is 0. The van der Waals surface area contributed by atoms with Gasteiger partial charge in [0.1, 0.15) is 0 Å². The quantitative estimate of drug-likeness (QED) is 0.469. The summed E-state index contributed by atoms with van der Waals surface area (Å²) in [6.45, 7) is -0.330. The maximum absolute atomic E-state index is 6.94. The average molecular weight is 99.2 g/mol. The molecule has 0 aliphatic heterocycles. The van der Waals surface area contributed by atoms with Crippen molar-refractivity contribution in [2.24, 2.45) is 6.98 Å². The molecule has 0 aliphatic rings. The van der Waals surface area contributed by atoms with E-state index in [9.17, 15) is 0 Å². The summed E-state index contributed by atoms with van der Waals surface area (Å²) < 4.78 is 21.9. The van der Waals surface area contributed by atoms with E-state index in [1.165, 1.54) is 12.5 Å². The normalized spacial score (nSPS) is 17.6. The molecule has 0 saturated carbocycles. The highest BCUT2D eigenvalue weighted by Crippen LogP contribution is 1.86. The van der Waals surface area contributed by atoms with Crippen molar-refractivity contribution in [3.05, 3.63) is 18.2 Å². The van der Waals surface area contributed by atoms with Crippen molar-refractivity contribution in [3.8, 4) is 0 Å². The zero-order valence-corrected chi connectivity index (χ0v) is 4.05. The molecule has 0 spiro atoms. The Balaban J connectivity index is 2.96. The highest BCUT2D eigenvalue weighted by molar-refractivity contribution is 4.90. The average Bonchev–Trinajstić information content (AvgIpc) is 2.11. The molecule has 1 rings (SSSR count). The number of nitrogens with zero attached hydrogens (tertiary/aromatic N) is 2. The fourth-order valence-electron chi connectivity index (χ4n) is 0.421. The fourth-order valence-corrected chi connectivity index (χ4v) is 0.421. The lowest BCUT2D eigenvalue weighted by Gasteiger charge is -1.78. The smallest absolute Gasteiger partial charge is 0.0946 e. The van der Waals surface area contributed by atoms with E-state index < -0.39 is 6.98 Å². The first-order valence-corrected chi connectivity index (χ1v) is 2.01. The Morgan fingerprint density at radius 1 is 2.00 bits per heavy atom. The zero-order valence-electron chi connectivity index (χ0n) is 7.05. The highest BCUT2D eigenvalue weighted by atomic mass is 15.0. The van der Waals surface area contributed by atoms with Crippen LogP contribution in [0.4, 0.5) is 0 Å². The van der Waals surface area contributed by atoms with Gasteiger partial charge in [-0.25, -0.2) is 4.98 Å². The molecule has 38 valence electrons. The van der Waals surface area contributed by atoms with Crippen LogP contribution in [0.15, 0.2) is 12.5 Å². The Morgan fingerprint density at radius 3 is 3.14 bits per heavy atom. The van der Waals surface area contributed by atoms with Crippen LogP contribution in [0.1, 0.15) is 9.81 Å². The van der Waals surface area contributed by atoms with Crippen LogP contribution in [0, 0.1) is 6.92 Å². The van der Waals surface area contributed by atoms with Crippen molar-refractivity contribution in [2.75, 3.05) is 0 Å². The molecule has 7 heavy (non-hydrogen) atoms. The molecule has 1 aromatic heterocycles. The predicted octanol–water partition coefficient (Wildman–Crippen LogP) is 0.729. The van der Waals surface area contributed by atoms with Crippen LogP contribution in [-0.2, 0) is 6.98 Å². The number of hydrogen-bond acceptors (Lipinski definition) is 1. The van der Waals surface area contributed by atoms with Gasteiger partial charge >= 0.3 is 0 Å². The number of imidazole rings is 1. The third-order valence-electron chi connectivity index (χ3n) is 0.712. The first kappa shape index (κ1) is 1.99. The van der Waals surface area contributed by atoms with Gasteiger partial charge in [-0.2, -0.15) is 0 Å². The highest BCUT2D eigenvalue weighted by Gasteiger charge is 1.81. The van der Waals surface area contributed by atoms with Gasteiger partial charge in [-0.15, -0.1) is 0 Å². The van der Waals surface area contributed by atoms with Gasteiger partial charge in [0.2, 0.25) is 0 Å². The van der Waals surface area contributed by atoms with Crippen molar-refractivity contribution in [1.29, 1.82) is 0 Å². The van der Waals surface area contributed by atoms with E-state index >= 15 is 0 Å². The van der Waals surface area contributed by atoms with E-state index in [2.05, 4.69) is 4.98 Å². The molecule has 0 aliphatic carbocycles. The van der Waals surface area contributed by atoms with Gasteiger partial charge in [0, 0.05) is 17.3 Å². The maximum Gasteiger partial charge on any atom is 0.0946 e. The first-order chi connectivity index (χ1) is 4.50.